The fourth-order valence-electron chi connectivity index (χ4n) is 4.81. The summed E-state index contributed by atoms with van der Waals surface area (Å²) in [4.78, 5) is 30.4. The van der Waals surface area contributed by atoms with Crippen molar-refractivity contribution in [1.82, 2.24) is 15.1 Å². The second kappa shape index (κ2) is 8.80. The number of hydrogen-bond donors (Lipinski definition) is 1. The summed E-state index contributed by atoms with van der Waals surface area (Å²) in [5.41, 5.74) is 0.624. The van der Waals surface area contributed by atoms with Crippen LogP contribution in [0, 0.1) is 5.92 Å². The molecule has 3 atom stereocenters. The molecule has 1 aromatic rings. The molecule has 1 aliphatic carbocycles. The van der Waals surface area contributed by atoms with E-state index in [1.807, 2.05) is 9.80 Å². The van der Waals surface area contributed by atoms with Gasteiger partial charge in [-0.2, -0.15) is 0 Å². The molecule has 2 amide bonds. The van der Waals surface area contributed by atoms with E-state index in [1.54, 1.807) is 24.3 Å². The molecule has 27 heavy (non-hydrogen) atoms. The minimum atomic E-state index is -0.315. The van der Waals surface area contributed by atoms with Gasteiger partial charge in [-0.05, 0) is 49.4 Å². The van der Waals surface area contributed by atoms with E-state index in [1.165, 1.54) is 6.42 Å². The highest BCUT2D eigenvalue weighted by Crippen LogP contribution is 2.41. The van der Waals surface area contributed by atoms with Gasteiger partial charge in [0.25, 0.3) is 5.91 Å². The van der Waals surface area contributed by atoms with Crippen molar-refractivity contribution in [3.8, 4) is 0 Å². The van der Waals surface area contributed by atoms with Gasteiger partial charge < -0.3 is 15.1 Å². The van der Waals surface area contributed by atoms with Crippen molar-refractivity contribution in [2.45, 2.75) is 44.2 Å². The van der Waals surface area contributed by atoms with Crippen LogP contribution in [0.1, 0.15) is 42.5 Å². The molecule has 5 nitrogen and oxygen atoms in total. The zero-order chi connectivity index (χ0) is 18.1. The standard InChI is InChI=1S/C20H26ClN3O2.ClH/c21-16-7-5-14(6-8-16)19(25)24-17-4-2-1-3-15(17)13-18(24)20(26)23-11-9-22-10-12-23;/h5-8,15,17-18,22H,1-4,9-13H2;1H. The smallest absolute Gasteiger partial charge is 0.254 e. The first kappa shape index (κ1) is 20.4. The highest BCUT2D eigenvalue weighted by molar-refractivity contribution is 6.30. The SMILES string of the molecule is Cl.O=C(C1CC2CCCCC2N1C(=O)c1ccc(Cl)cc1)N1CCNCC1. The van der Waals surface area contributed by atoms with Crippen molar-refractivity contribution in [2.75, 3.05) is 26.2 Å². The Kier molecular flexibility index (Phi) is 6.66. The lowest BCUT2D eigenvalue weighted by molar-refractivity contribution is -0.136. The van der Waals surface area contributed by atoms with Gasteiger partial charge in [0, 0.05) is 42.8 Å². The molecular formula is C20H27Cl2N3O2. The van der Waals surface area contributed by atoms with Crippen molar-refractivity contribution in [3.63, 3.8) is 0 Å². The van der Waals surface area contributed by atoms with E-state index in [9.17, 15) is 9.59 Å². The molecule has 4 rings (SSSR count). The molecule has 2 aliphatic heterocycles. The van der Waals surface area contributed by atoms with Gasteiger partial charge in [-0.1, -0.05) is 24.4 Å². The van der Waals surface area contributed by atoms with Crippen molar-refractivity contribution in [3.05, 3.63) is 34.9 Å². The molecule has 148 valence electrons. The van der Waals surface area contributed by atoms with Crippen molar-refractivity contribution < 1.29 is 9.59 Å². The maximum atomic E-state index is 13.3. The Labute approximate surface area is 171 Å². The van der Waals surface area contributed by atoms with Crippen LogP contribution in [0.15, 0.2) is 24.3 Å². The molecular weight excluding hydrogens is 385 g/mol. The van der Waals surface area contributed by atoms with Gasteiger partial charge in [0.2, 0.25) is 5.91 Å². The average Bonchev–Trinajstić information content (AvgIpc) is 3.07. The van der Waals surface area contributed by atoms with E-state index >= 15 is 0 Å². The predicted molar refractivity (Wildman–Crippen MR) is 108 cm³/mol. The van der Waals surface area contributed by atoms with E-state index in [-0.39, 0.29) is 36.3 Å². The van der Waals surface area contributed by atoms with E-state index in [2.05, 4.69) is 5.32 Å². The van der Waals surface area contributed by atoms with Crippen LogP contribution in [-0.2, 0) is 4.79 Å². The van der Waals surface area contributed by atoms with Crippen molar-refractivity contribution in [1.29, 1.82) is 0 Å². The van der Waals surface area contributed by atoms with E-state index < -0.39 is 0 Å². The summed E-state index contributed by atoms with van der Waals surface area (Å²) >= 11 is 5.98. The van der Waals surface area contributed by atoms with Crippen molar-refractivity contribution in [2.24, 2.45) is 5.92 Å². The molecule has 1 saturated carbocycles. The maximum absolute atomic E-state index is 13.3. The second-order valence-electron chi connectivity index (χ2n) is 7.66. The number of amides is 2. The van der Waals surface area contributed by atoms with Gasteiger partial charge >= 0.3 is 0 Å². The summed E-state index contributed by atoms with van der Waals surface area (Å²) in [6, 6.07) is 6.92. The lowest BCUT2D eigenvalue weighted by Gasteiger charge is -2.36. The molecule has 3 fully saturated rings. The van der Waals surface area contributed by atoms with Gasteiger partial charge in [0.1, 0.15) is 6.04 Å². The highest BCUT2D eigenvalue weighted by atomic mass is 35.5. The topological polar surface area (TPSA) is 52.7 Å². The Bertz CT molecular complexity index is 676. The summed E-state index contributed by atoms with van der Waals surface area (Å²) in [5.74, 6) is 0.560. The third kappa shape index (κ3) is 4.10. The molecule has 1 N–H and O–H groups in total. The van der Waals surface area contributed by atoms with Crippen LogP contribution in [0.25, 0.3) is 0 Å². The van der Waals surface area contributed by atoms with Crippen molar-refractivity contribution >= 4 is 35.8 Å². The summed E-state index contributed by atoms with van der Waals surface area (Å²) in [6.45, 7) is 3.12. The van der Waals surface area contributed by atoms with E-state index in [0.29, 0.717) is 16.5 Å². The molecule has 3 aliphatic rings. The van der Waals surface area contributed by atoms with Gasteiger partial charge in [0.15, 0.2) is 0 Å². The Morgan fingerprint density at radius 1 is 1.04 bits per heavy atom. The van der Waals surface area contributed by atoms with Crippen LogP contribution in [0.4, 0.5) is 0 Å². The monoisotopic (exact) mass is 411 g/mol. The number of fused-ring (bicyclic) bond motifs is 1. The van der Waals surface area contributed by atoms with Crippen LogP contribution in [-0.4, -0.2) is 59.9 Å². The third-order valence-electron chi connectivity index (χ3n) is 6.13. The molecule has 0 aromatic heterocycles. The fraction of sp³-hybridized carbons (Fsp3) is 0.600. The molecule has 0 radical (unpaired) electrons. The summed E-state index contributed by atoms with van der Waals surface area (Å²) in [5, 5.41) is 3.91. The Morgan fingerprint density at radius 3 is 2.41 bits per heavy atom. The Morgan fingerprint density at radius 2 is 1.70 bits per heavy atom. The van der Waals surface area contributed by atoms with E-state index in [4.69, 9.17) is 11.6 Å². The number of nitrogens with one attached hydrogen (secondary N) is 1. The van der Waals surface area contributed by atoms with Crippen LogP contribution in [0.2, 0.25) is 5.02 Å². The van der Waals surface area contributed by atoms with Gasteiger partial charge in [0.05, 0.1) is 0 Å². The maximum Gasteiger partial charge on any atom is 0.254 e. The number of rotatable bonds is 2. The first-order valence-electron chi connectivity index (χ1n) is 9.73. The third-order valence-corrected chi connectivity index (χ3v) is 6.38. The largest absolute Gasteiger partial charge is 0.338 e. The second-order valence-corrected chi connectivity index (χ2v) is 8.09. The minimum absolute atomic E-state index is 0. The lowest BCUT2D eigenvalue weighted by atomic mass is 9.84. The minimum Gasteiger partial charge on any atom is -0.338 e. The number of likely N-dealkylation sites (tertiary alicyclic amines) is 1. The molecule has 7 heteroatoms. The quantitative estimate of drug-likeness (QED) is 0.813. The summed E-state index contributed by atoms with van der Waals surface area (Å²) in [6.07, 6.45) is 5.29. The molecule has 2 heterocycles. The first-order valence-corrected chi connectivity index (χ1v) is 10.1. The van der Waals surface area contributed by atoms with Crippen LogP contribution in [0.3, 0.4) is 0 Å². The molecule has 0 spiro atoms. The number of hydrogen-bond acceptors (Lipinski definition) is 3. The lowest BCUT2D eigenvalue weighted by Crippen LogP contribution is -2.54. The average molecular weight is 412 g/mol. The molecule has 2 saturated heterocycles. The van der Waals surface area contributed by atoms with Crippen LogP contribution in [0.5, 0.6) is 0 Å². The normalized spacial score (nSPS) is 27.7. The molecule has 0 bridgehead atoms. The Balaban J connectivity index is 0.00000210. The van der Waals surface area contributed by atoms with Crippen LogP contribution < -0.4 is 5.32 Å². The van der Waals surface area contributed by atoms with E-state index in [0.717, 1.165) is 51.9 Å². The fourth-order valence-corrected chi connectivity index (χ4v) is 4.94. The number of nitrogens with zero attached hydrogens (tertiary/aromatic N) is 2. The zero-order valence-corrected chi connectivity index (χ0v) is 17.0. The number of benzene rings is 1. The zero-order valence-electron chi connectivity index (χ0n) is 15.4. The number of piperazine rings is 1. The van der Waals surface area contributed by atoms with Gasteiger partial charge in [-0.25, -0.2) is 0 Å². The molecule has 3 unspecified atom stereocenters. The first-order chi connectivity index (χ1) is 12.6. The Hall–Kier alpha value is -1.30. The molecule has 1 aromatic carbocycles. The number of carbonyl (C=O) groups is 2. The van der Waals surface area contributed by atoms with Gasteiger partial charge in [-0.15, -0.1) is 12.4 Å². The summed E-state index contributed by atoms with van der Waals surface area (Å²) < 4.78 is 0. The van der Waals surface area contributed by atoms with Gasteiger partial charge in [-0.3, -0.25) is 9.59 Å². The van der Waals surface area contributed by atoms with Crippen LogP contribution >= 0.6 is 24.0 Å². The predicted octanol–water partition coefficient (Wildman–Crippen LogP) is 2.97. The summed E-state index contributed by atoms with van der Waals surface area (Å²) in [7, 11) is 0. The number of halogens is 2. The highest BCUT2D eigenvalue weighted by Gasteiger charge is 2.48. The number of carbonyl (C=O) groups excluding carboxylic acids is 2.